The molecule has 0 amide bonds. The second-order valence-electron chi connectivity index (χ2n) is 5.75. The predicted octanol–water partition coefficient (Wildman–Crippen LogP) is 0.860. The largest absolute Gasteiger partial charge is 0.366 e. The number of piperazine rings is 1. The Morgan fingerprint density at radius 1 is 1.22 bits per heavy atom. The maximum Gasteiger partial charge on any atom is 0.168 e. The average Bonchev–Trinajstić information content (AvgIpc) is 2.87. The Hall–Kier alpha value is -1.96. The van der Waals surface area contributed by atoms with E-state index in [0.717, 1.165) is 66.1 Å². The first kappa shape index (κ1) is 15.9. The fourth-order valence-electron chi connectivity index (χ4n) is 3.02. The number of hydrogen-bond donors (Lipinski definition) is 1. The van der Waals surface area contributed by atoms with Crippen molar-refractivity contribution in [2.45, 2.75) is 20.3 Å². The molecule has 3 rings (SSSR count). The lowest BCUT2D eigenvalue weighted by molar-refractivity contribution is 0.381. The number of aryl methyl sites for hydroxylation is 3. The minimum Gasteiger partial charge on any atom is -0.366 e. The molecule has 0 aromatic carbocycles. The molecule has 3 heterocycles. The Labute approximate surface area is 141 Å². The van der Waals surface area contributed by atoms with Crippen molar-refractivity contribution in [3.63, 3.8) is 0 Å². The summed E-state index contributed by atoms with van der Waals surface area (Å²) in [5.41, 5.74) is 2.93. The van der Waals surface area contributed by atoms with Crippen LogP contribution in [-0.2, 0) is 13.5 Å². The molecule has 1 aliphatic heterocycles. The summed E-state index contributed by atoms with van der Waals surface area (Å²) in [5.74, 6) is 1.86. The fourth-order valence-corrected chi connectivity index (χ4v) is 3.20. The van der Waals surface area contributed by atoms with Crippen LogP contribution >= 0.6 is 12.2 Å². The Balaban J connectivity index is 1.95. The highest BCUT2D eigenvalue weighted by atomic mass is 32.1. The topological polar surface area (TPSA) is 62.1 Å². The summed E-state index contributed by atoms with van der Waals surface area (Å²) >= 11 is 5.33. The molecule has 0 aliphatic carbocycles. The van der Waals surface area contributed by atoms with Gasteiger partial charge in [-0.2, -0.15) is 5.10 Å². The van der Waals surface area contributed by atoms with Gasteiger partial charge in [-0.15, -0.1) is 0 Å². The first-order chi connectivity index (χ1) is 11.0. The number of rotatable bonds is 2. The van der Waals surface area contributed by atoms with Gasteiger partial charge >= 0.3 is 0 Å². The van der Waals surface area contributed by atoms with E-state index in [-0.39, 0.29) is 0 Å². The van der Waals surface area contributed by atoms with Gasteiger partial charge in [-0.25, -0.2) is 9.97 Å². The highest BCUT2D eigenvalue weighted by Crippen LogP contribution is 2.26. The van der Waals surface area contributed by atoms with Crippen molar-refractivity contribution in [2.75, 3.05) is 38.1 Å². The first-order valence-corrected chi connectivity index (χ1v) is 8.37. The van der Waals surface area contributed by atoms with E-state index in [4.69, 9.17) is 17.2 Å². The van der Waals surface area contributed by atoms with E-state index in [2.05, 4.69) is 32.1 Å². The summed E-state index contributed by atoms with van der Waals surface area (Å²) < 4.78 is 1.89. The SMILES string of the molecule is CCc1nc(N2CCN(C(=S)NC)CC2)c2c(n1)c(C)nn2C. The van der Waals surface area contributed by atoms with Crippen LogP contribution in [0.4, 0.5) is 5.82 Å². The zero-order valence-corrected chi connectivity index (χ0v) is 14.9. The van der Waals surface area contributed by atoms with Crippen molar-refractivity contribution in [1.29, 1.82) is 0 Å². The lowest BCUT2D eigenvalue weighted by Gasteiger charge is -2.36. The number of aromatic nitrogens is 4. The van der Waals surface area contributed by atoms with Crippen LogP contribution < -0.4 is 10.2 Å². The normalized spacial score (nSPS) is 15.3. The van der Waals surface area contributed by atoms with E-state index in [0.29, 0.717) is 0 Å². The molecule has 0 saturated carbocycles. The summed E-state index contributed by atoms with van der Waals surface area (Å²) in [5, 5.41) is 8.38. The lowest BCUT2D eigenvalue weighted by Crippen LogP contribution is -2.51. The molecular formula is C15H23N7S. The number of anilines is 1. The molecule has 2 aromatic rings. The lowest BCUT2D eigenvalue weighted by atomic mass is 10.2. The fraction of sp³-hybridized carbons (Fsp3) is 0.600. The van der Waals surface area contributed by atoms with Gasteiger partial charge in [-0.05, 0) is 19.1 Å². The Kier molecular flexibility index (Phi) is 4.34. The number of nitrogens with one attached hydrogen (secondary N) is 1. The summed E-state index contributed by atoms with van der Waals surface area (Å²) in [7, 11) is 3.83. The monoisotopic (exact) mass is 333 g/mol. The molecule has 0 bridgehead atoms. The first-order valence-electron chi connectivity index (χ1n) is 7.97. The van der Waals surface area contributed by atoms with Gasteiger partial charge in [0.05, 0.1) is 5.69 Å². The van der Waals surface area contributed by atoms with Crippen molar-refractivity contribution in [1.82, 2.24) is 30.0 Å². The third kappa shape index (κ3) is 2.83. The highest BCUT2D eigenvalue weighted by molar-refractivity contribution is 7.80. The molecule has 124 valence electrons. The summed E-state index contributed by atoms with van der Waals surface area (Å²) in [6.45, 7) is 7.65. The van der Waals surface area contributed by atoms with Crippen molar-refractivity contribution < 1.29 is 0 Å². The minimum absolute atomic E-state index is 0.808. The second-order valence-corrected chi connectivity index (χ2v) is 6.14. The van der Waals surface area contributed by atoms with Crippen molar-refractivity contribution >= 4 is 34.2 Å². The molecule has 0 spiro atoms. The van der Waals surface area contributed by atoms with E-state index in [1.54, 1.807) is 0 Å². The average molecular weight is 333 g/mol. The zero-order valence-electron chi connectivity index (χ0n) is 14.1. The standard InChI is InChI=1S/C15H23N7S/c1-5-11-17-12-10(2)19-20(4)13(12)14(18-11)21-6-8-22(9-7-21)15(23)16-3/h5-9H2,1-4H3,(H,16,23). The van der Waals surface area contributed by atoms with Crippen molar-refractivity contribution in [3.8, 4) is 0 Å². The van der Waals surface area contributed by atoms with Crippen LogP contribution in [0.5, 0.6) is 0 Å². The van der Waals surface area contributed by atoms with E-state index < -0.39 is 0 Å². The van der Waals surface area contributed by atoms with Gasteiger partial charge in [-0.3, -0.25) is 4.68 Å². The molecule has 8 heteroatoms. The van der Waals surface area contributed by atoms with Crippen LogP contribution in [0.25, 0.3) is 11.0 Å². The molecule has 1 N–H and O–H groups in total. The maximum absolute atomic E-state index is 5.33. The van der Waals surface area contributed by atoms with Crippen LogP contribution in [0.2, 0.25) is 0 Å². The van der Waals surface area contributed by atoms with Crippen LogP contribution in [0, 0.1) is 6.92 Å². The van der Waals surface area contributed by atoms with Gasteiger partial charge in [0.1, 0.15) is 16.9 Å². The Morgan fingerprint density at radius 3 is 2.52 bits per heavy atom. The third-order valence-corrected chi connectivity index (χ3v) is 4.74. The molecule has 7 nitrogen and oxygen atoms in total. The number of hydrogen-bond acceptors (Lipinski definition) is 5. The Morgan fingerprint density at radius 2 is 1.91 bits per heavy atom. The van der Waals surface area contributed by atoms with Crippen LogP contribution in [0.1, 0.15) is 18.4 Å². The van der Waals surface area contributed by atoms with Gasteiger partial charge in [-0.1, -0.05) is 6.92 Å². The van der Waals surface area contributed by atoms with E-state index in [1.165, 1.54) is 0 Å². The Bertz CT molecular complexity index is 731. The van der Waals surface area contributed by atoms with Crippen LogP contribution in [0.3, 0.4) is 0 Å². The molecule has 2 aromatic heterocycles. The van der Waals surface area contributed by atoms with Crippen molar-refractivity contribution in [2.24, 2.45) is 7.05 Å². The predicted molar refractivity (Wildman–Crippen MR) is 95.9 cm³/mol. The molecular weight excluding hydrogens is 310 g/mol. The van der Waals surface area contributed by atoms with Crippen LogP contribution in [0.15, 0.2) is 0 Å². The maximum atomic E-state index is 5.33. The molecule has 1 aliphatic rings. The van der Waals surface area contributed by atoms with Gasteiger partial charge in [0.2, 0.25) is 0 Å². The van der Waals surface area contributed by atoms with Crippen LogP contribution in [-0.4, -0.2) is 63.0 Å². The second kappa shape index (κ2) is 6.27. The highest BCUT2D eigenvalue weighted by Gasteiger charge is 2.24. The van der Waals surface area contributed by atoms with Crippen molar-refractivity contribution in [3.05, 3.63) is 11.5 Å². The zero-order chi connectivity index (χ0) is 16.6. The summed E-state index contributed by atoms with van der Waals surface area (Å²) in [6, 6.07) is 0. The van der Waals surface area contributed by atoms with E-state index in [1.807, 2.05) is 25.7 Å². The molecule has 1 fully saturated rings. The summed E-state index contributed by atoms with van der Waals surface area (Å²) in [4.78, 5) is 14.0. The van der Waals surface area contributed by atoms with Gasteiger partial charge < -0.3 is 15.1 Å². The number of fused-ring (bicyclic) bond motifs is 1. The molecule has 0 atom stereocenters. The third-order valence-electron chi connectivity index (χ3n) is 4.27. The molecule has 23 heavy (non-hydrogen) atoms. The quantitative estimate of drug-likeness (QED) is 0.818. The van der Waals surface area contributed by atoms with E-state index in [9.17, 15) is 0 Å². The number of thiocarbonyl (C=S) groups is 1. The summed E-state index contributed by atoms with van der Waals surface area (Å²) in [6.07, 6.45) is 0.821. The molecule has 1 saturated heterocycles. The van der Waals surface area contributed by atoms with Gasteiger partial charge in [0, 0.05) is 46.7 Å². The molecule has 0 radical (unpaired) electrons. The van der Waals surface area contributed by atoms with Gasteiger partial charge in [0.25, 0.3) is 0 Å². The van der Waals surface area contributed by atoms with Gasteiger partial charge in [0.15, 0.2) is 10.9 Å². The smallest absolute Gasteiger partial charge is 0.168 e. The minimum atomic E-state index is 0.808. The molecule has 0 unspecified atom stereocenters. The van der Waals surface area contributed by atoms with E-state index >= 15 is 0 Å². The number of nitrogens with zero attached hydrogens (tertiary/aromatic N) is 6.